The molecule has 0 aliphatic carbocycles. The molecule has 0 amide bonds. The summed E-state index contributed by atoms with van der Waals surface area (Å²) in [6.45, 7) is 0. The van der Waals surface area contributed by atoms with Gasteiger partial charge in [0.1, 0.15) is 23.3 Å². The van der Waals surface area contributed by atoms with E-state index in [4.69, 9.17) is 9.15 Å². The van der Waals surface area contributed by atoms with Gasteiger partial charge >= 0.3 is 6.18 Å². The van der Waals surface area contributed by atoms with Gasteiger partial charge in [-0.25, -0.2) is 9.97 Å². The van der Waals surface area contributed by atoms with Crippen molar-refractivity contribution < 1.29 is 22.3 Å². The van der Waals surface area contributed by atoms with Crippen LogP contribution in [0.1, 0.15) is 5.56 Å². The van der Waals surface area contributed by atoms with Gasteiger partial charge in [0.15, 0.2) is 11.4 Å². The van der Waals surface area contributed by atoms with Crippen molar-refractivity contribution in [1.29, 1.82) is 0 Å². The quantitative estimate of drug-likeness (QED) is 0.493. The summed E-state index contributed by atoms with van der Waals surface area (Å²) in [4.78, 5) is 8.23. The smallest absolute Gasteiger partial charge is 0.416 e. The summed E-state index contributed by atoms with van der Waals surface area (Å²) in [7, 11) is 0. The molecule has 2 heterocycles. The van der Waals surface area contributed by atoms with Gasteiger partial charge in [0.2, 0.25) is 0 Å². The fraction of sp³-hybridized carbons (Fsp3) is 0.0526. The topological polar surface area (TPSA) is 60.2 Å². The monoisotopic (exact) mass is 371 g/mol. The first-order valence-electron chi connectivity index (χ1n) is 7.89. The van der Waals surface area contributed by atoms with Crippen LogP contribution in [0, 0.1) is 0 Å². The number of nitrogens with zero attached hydrogens (tertiary/aromatic N) is 2. The van der Waals surface area contributed by atoms with Crippen LogP contribution in [0.5, 0.6) is 11.5 Å². The zero-order valence-corrected chi connectivity index (χ0v) is 13.7. The fourth-order valence-electron chi connectivity index (χ4n) is 2.49. The van der Waals surface area contributed by atoms with E-state index in [-0.39, 0.29) is 5.75 Å². The number of benzene rings is 2. The highest BCUT2D eigenvalue weighted by atomic mass is 19.4. The van der Waals surface area contributed by atoms with Crippen molar-refractivity contribution in [3.8, 4) is 11.5 Å². The Labute approximate surface area is 151 Å². The van der Waals surface area contributed by atoms with E-state index >= 15 is 0 Å². The fourth-order valence-corrected chi connectivity index (χ4v) is 2.49. The second-order valence-electron chi connectivity index (χ2n) is 5.63. The maximum absolute atomic E-state index is 12.8. The van der Waals surface area contributed by atoms with Crippen molar-refractivity contribution in [1.82, 2.24) is 9.97 Å². The molecule has 0 unspecified atom stereocenters. The average molecular weight is 371 g/mol. The van der Waals surface area contributed by atoms with Gasteiger partial charge in [-0.1, -0.05) is 6.07 Å². The van der Waals surface area contributed by atoms with Crippen molar-refractivity contribution in [3.05, 3.63) is 72.8 Å². The Morgan fingerprint density at radius 3 is 2.52 bits per heavy atom. The lowest BCUT2D eigenvalue weighted by Gasteiger charge is -2.11. The second kappa shape index (κ2) is 6.64. The van der Waals surface area contributed by atoms with Crippen LogP contribution in [0.4, 0.5) is 24.7 Å². The first-order chi connectivity index (χ1) is 13.0. The molecule has 0 spiro atoms. The van der Waals surface area contributed by atoms with Crippen molar-refractivity contribution in [3.63, 3.8) is 0 Å². The molecule has 27 heavy (non-hydrogen) atoms. The van der Waals surface area contributed by atoms with Crippen LogP contribution in [0.15, 0.2) is 71.6 Å². The van der Waals surface area contributed by atoms with Gasteiger partial charge in [-0.05, 0) is 42.5 Å². The minimum absolute atomic E-state index is 0.110. The van der Waals surface area contributed by atoms with E-state index in [0.717, 1.165) is 12.1 Å². The minimum atomic E-state index is -4.41. The summed E-state index contributed by atoms with van der Waals surface area (Å²) in [5.74, 6) is 1.03. The lowest BCUT2D eigenvalue weighted by atomic mass is 10.2. The lowest BCUT2D eigenvalue weighted by Crippen LogP contribution is -2.04. The maximum Gasteiger partial charge on any atom is 0.416 e. The molecule has 0 saturated heterocycles. The third-order valence-electron chi connectivity index (χ3n) is 3.76. The Morgan fingerprint density at radius 2 is 1.74 bits per heavy atom. The lowest BCUT2D eigenvalue weighted by molar-refractivity contribution is -0.137. The predicted octanol–water partition coefficient (Wildman–Crippen LogP) is 5.78. The number of fused-ring (bicyclic) bond motifs is 1. The van der Waals surface area contributed by atoms with Gasteiger partial charge in [-0.3, -0.25) is 0 Å². The number of furan rings is 1. The van der Waals surface area contributed by atoms with Crippen LogP contribution in [-0.4, -0.2) is 9.97 Å². The number of nitrogens with one attached hydrogen (secondary N) is 1. The molecule has 5 nitrogen and oxygen atoms in total. The third-order valence-corrected chi connectivity index (χ3v) is 3.76. The Balaban J connectivity index is 1.50. The van der Waals surface area contributed by atoms with E-state index in [0.29, 0.717) is 28.4 Å². The maximum atomic E-state index is 12.8. The Hall–Kier alpha value is -3.55. The van der Waals surface area contributed by atoms with Gasteiger partial charge in [0.05, 0.1) is 11.8 Å². The number of halogens is 3. The van der Waals surface area contributed by atoms with Gasteiger partial charge in [-0.15, -0.1) is 0 Å². The number of alkyl halides is 3. The normalized spacial score (nSPS) is 11.5. The first-order valence-corrected chi connectivity index (χ1v) is 7.89. The average Bonchev–Trinajstić information content (AvgIpc) is 3.13. The number of rotatable bonds is 4. The Bertz CT molecular complexity index is 1080. The van der Waals surface area contributed by atoms with E-state index < -0.39 is 11.7 Å². The van der Waals surface area contributed by atoms with Crippen LogP contribution < -0.4 is 10.1 Å². The molecule has 0 fully saturated rings. The molecule has 8 heteroatoms. The number of aromatic nitrogens is 2. The SMILES string of the molecule is FC(F)(F)c1cccc(Oc2ccc(Nc3ncnc4ccoc34)cc2)c1. The molecule has 0 aliphatic rings. The summed E-state index contributed by atoms with van der Waals surface area (Å²) in [6.07, 6.45) is -1.47. The van der Waals surface area contributed by atoms with Crippen molar-refractivity contribution in [2.75, 3.05) is 5.32 Å². The van der Waals surface area contributed by atoms with Crippen molar-refractivity contribution in [2.45, 2.75) is 6.18 Å². The highest BCUT2D eigenvalue weighted by Gasteiger charge is 2.30. The zero-order valence-electron chi connectivity index (χ0n) is 13.7. The summed E-state index contributed by atoms with van der Waals surface area (Å²) in [5, 5.41) is 3.10. The largest absolute Gasteiger partial charge is 0.459 e. The molecule has 0 aliphatic heterocycles. The van der Waals surface area contributed by atoms with Crippen LogP contribution in [0.25, 0.3) is 11.1 Å². The van der Waals surface area contributed by atoms with Gasteiger partial charge < -0.3 is 14.5 Å². The standard InChI is InChI=1S/C19H12F3N3O2/c20-19(21,22)12-2-1-3-15(10-12)27-14-6-4-13(5-7-14)25-18-17-16(8-9-26-17)23-11-24-18/h1-11H,(H,23,24,25). The molecule has 0 atom stereocenters. The van der Waals surface area contributed by atoms with Gasteiger partial charge in [-0.2, -0.15) is 13.2 Å². The van der Waals surface area contributed by atoms with Crippen molar-refractivity contribution in [2.24, 2.45) is 0 Å². The molecule has 2 aromatic carbocycles. The highest BCUT2D eigenvalue weighted by molar-refractivity contribution is 5.85. The van der Waals surface area contributed by atoms with E-state index in [1.54, 1.807) is 30.3 Å². The van der Waals surface area contributed by atoms with Gasteiger partial charge in [0.25, 0.3) is 0 Å². The molecule has 4 rings (SSSR count). The molecule has 136 valence electrons. The molecule has 0 bridgehead atoms. The van der Waals surface area contributed by atoms with Gasteiger partial charge in [0, 0.05) is 11.8 Å². The molecular formula is C19H12F3N3O2. The molecule has 1 N–H and O–H groups in total. The summed E-state index contributed by atoms with van der Waals surface area (Å²) >= 11 is 0. The predicted molar refractivity (Wildman–Crippen MR) is 93.0 cm³/mol. The number of hydrogen-bond acceptors (Lipinski definition) is 5. The van der Waals surface area contributed by atoms with E-state index in [1.807, 2.05) is 0 Å². The second-order valence-corrected chi connectivity index (χ2v) is 5.63. The Kier molecular flexibility index (Phi) is 4.15. The highest BCUT2D eigenvalue weighted by Crippen LogP contribution is 2.33. The number of anilines is 2. The molecule has 0 radical (unpaired) electrons. The molecular weight excluding hydrogens is 359 g/mol. The summed E-state index contributed by atoms with van der Waals surface area (Å²) in [5.41, 5.74) is 1.16. The van der Waals surface area contributed by atoms with E-state index in [9.17, 15) is 13.2 Å². The minimum Gasteiger partial charge on any atom is -0.459 e. The number of ether oxygens (including phenoxy) is 1. The first kappa shape index (κ1) is 16.9. The van der Waals surface area contributed by atoms with Crippen LogP contribution in [0.3, 0.4) is 0 Å². The zero-order chi connectivity index (χ0) is 18.9. The molecule has 2 aromatic heterocycles. The van der Waals surface area contributed by atoms with E-state index in [1.165, 1.54) is 24.7 Å². The third kappa shape index (κ3) is 3.69. The van der Waals surface area contributed by atoms with Crippen LogP contribution in [0.2, 0.25) is 0 Å². The van der Waals surface area contributed by atoms with Crippen LogP contribution >= 0.6 is 0 Å². The number of hydrogen-bond donors (Lipinski definition) is 1. The van der Waals surface area contributed by atoms with Crippen molar-refractivity contribution >= 4 is 22.6 Å². The van der Waals surface area contributed by atoms with E-state index in [2.05, 4.69) is 15.3 Å². The molecule has 0 saturated carbocycles. The summed E-state index contributed by atoms with van der Waals surface area (Å²) < 4.78 is 49.2. The molecule has 4 aromatic rings. The summed E-state index contributed by atoms with van der Waals surface area (Å²) in [6, 6.07) is 13.2. The Morgan fingerprint density at radius 1 is 0.926 bits per heavy atom. The van der Waals surface area contributed by atoms with Crippen LogP contribution in [-0.2, 0) is 6.18 Å².